The average Bonchev–Trinajstić information content (AvgIpc) is 2.51. The van der Waals surface area contributed by atoms with Gasteiger partial charge in [0, 0.05) is 12.1 Å². The average molecular weight is 302 g/mol. The number of hydrogen-bond acceptors (Lipinski definition) is 6. The molecule has 0 aliphatic carbocycles. The van der Waals surface area contributed by atoms with Gasteiger partial charge < -0.3 is 15.2 Å². The van der Waals surface area contributed by atoms with Gasteiger partial charge in [-0.15, -0.1) is 0 Å². The molecular weight excluding hydrogens is 284 g/mol. The van der Waals surface area contributed by atoms with Crippen molar-refractivity contribution in [3.63, 3.8) is 0 Å². The number of nitrogens with zero attached hydrogens (tertiary/aromatic N) is 1. The van der Waals surface area contributed by atoms with Crippen molar-refractivity contribution >= 4 is 11.8 Å². The number of nitriles is 1. The third-order valence-electron chi connectivity index (χ3n) is 2.73. The highest BCUT2D eigenvalue weighted by Crippen LogP contribution is 2.09. The maximum Gasteiger partial charge on any atom is 0.306 e. The Morgan fingerprint density at radius 3 is 2.59 bits per heavy atom. The van der Waals surface area contributed by atoms with Gasteiger partial charge in [0.05, 0.1) is 12.7 Å². The fraction of sp³-hybridized carbons (Fsp3) is 0.312. The van der Waals surface area contributed by atoms with E-state index in [1.54, 1.807) is 6.07 Å². The molecule has 1 rings (SSSR count). The van der Waals surface area contributed by atoms with Gasteiger partial charge in [0.2, 0.25) is 0 Å². The molecule has 0 fully saturated rings. The number of carbonyl (C=O) groups excluding carboxylic acids is 2. The lowest BCUT2D eigenvalue weighted by Gasteiger charge is -2.08. The fourth-order valence-corrected chi connectivity index (χ4v) is 1.59. The Balaban J connectivity index is 2.20. The maximum absolute atomic E-state index is 11.6. The van der Waals surface area contributed by atoms with Crippen LogP contribution < -0.4 is 10.5 Å². The minimum absolute atomic E-state index is 0.0557. The number of benzene rings is 1. The highest BCUT2D eigenvalue weighted by molar-refractivity contribution is 5.88. The summed E-state index contributed by atoms with van der Waals surface area (Å²) in [5, 5.41) is 8.74. The van der Waals surface area contributed by atoms with E-state index in [-0.39, 0.29) is 12.1 Å². The fourth-order valence-electron chi connectivity index (χ4n) is 1.59. The summed E-state index contributed by atoms with van der Waals surface area (Å²) in [6.07, 6.45) is 0.591. The summed E-state index contributed by atoms with van der Waals surface area (Å²) in [5.74, 6) is -1.52. The van der Waals surface area contributed by atoms with Crippen molar-refractivity contribution in [1.82, 2.24) is 0 Å². The molecule has 1 aromatic carbocycles. The van der Waals surface area contributed by atoms with Crippen LogP contribution >= 0.6 is 0 Å². The van der Waals surface area contributed by atoms with Crippen LogP contribution in [-0.4, -0.2) is 25.0 Å². The van der Waals surface area contributed by atoms with Crippen LogP contribution in [0, 0.1) is 17.2 Å². The summed E-state index contributed by atoms with van der Waals surface area (Å²) in [4.78, 5) is 23.0. The molecule has 0 aromatic heterocycles. The van der Waals surface area contributed by atoms with Crippen molar-refractivity contribution in [3.05, 3.63) is 42.6 Å². The third kappa shape index (κ3) is 6.09. The van der Waals surface area contributed by atoms with Crippen molar-refractivity contribution < 1.29 is 19.1 Å². The summed E-state index contributed by atoms with van der Waals surface area (Å²) >= 11 is 0. The smallest absolute Gasteiger partial charge is 0.306 e. The second kappa shape index (κ2) is 9.19. The van der Waals surface area contributed by atoms with Crippen LogP contribution in [0.4, 0.5) is 0 Å². The van der Waals surface area contributed by atoms with Crippen LogP contribution in [0.2, 0.25) is 0 Å². The van der Waals surface area contributed by atoms with Gasteiger partial charge in [-0.25, -0.2) is 0 Å². The van der Waals surface area contributed by atoms with Crippen LogP contribution in [0.3, 0.4) is 0 Å². The SMILES string of the molecule is C=C(N)[C@H](C#N)C(=O)COC(=O)CCCOc1ccccc1. The van der Waals surface area contributed by atoms with E-state index in [4.69, 9.17) is 20.5 Å². The Morgan fingerprint density at radius 2 is 2.00 bits per heavy atom. The zero-order chi connectivity index (χ0) is 16.4. The Bertz CT molecular complexity index is 563. The van der Waals surface area contributed by atoms with Gasteiger partial charge in [0.15, 0.2) is 12.4 Å². The van der Waals surface area contributed by atoms with Gasteiger partial charge in [0.1, 0.15) is 11.7 Å². The van der Waals surface area contributed by atoms with Crippen LogP contribution in [0.5, 0.6) is 5.75 Å². The zero-order valence-electron chi connectivity index (χ0n) is 12.2. The van der Waals surface area contributed by atoms with Gasteiger partial charge >= 0.3 is 5.97 Å². The maximum atomic E-state index is 11.6. The van der Waals surface area contributed by atoms with E-state index >= 15 is 0 Å². The van der Waals surface area contributed by atoms with Gasteiger partial charge in [-0.1, -0.05) is 24.8 Å². The van der Waals surface area contributed by atoms with Crippen molar-refractivity contribution in [3.8, 4) is 11.8 Å². The van der Waals surface area contributed by atoms with Crippen LogP contribution in [0.25, 0.3) is 0 Å². The van der Waals surface area contributed by atoms with E-state index < -0.39 is 24.3 Å². The molecular formula is C16H18N2O4. The van der Waals surface area contributed by atoms with E-state index in [0.717, 1.165) is 5.75 Å². The summed E-state index contributed by atoms with van der Waals surface area (Å²) in [7, 11) is 0. The Hall–Kier alpha value is -2.81. The van der Waals surface area contributed by atoms with E-state index in [1.165, 1.54) is 0 Å². The Kier molecular flexibility index (Phi) is 7.20. The monoisotopic (exact) mass is 302 g/mol. The second-order valence-corrected chi connectivity index (χ2v) is 4.53. The van der Waals surface area contributed by atoms with Crippen LogP contribution in [0.15, 0.2) is 42.6 Å². The van der Waals surface area contributed by atoms with Gasteiger partial charge in [-0.3, -0.25) is 9.59 Å². The molecule has 1 atom stereocenters. The van der Waals surface area contributed by atoms with Crippen molar-refractivity contribution in [2.45, 2.75) is 12.8 Å². The first-order valence-corrected chi connectivity index (χ1v) is 6.74. The molecule has 2 N–H and O–H groups in total. The van der Waals surface area contributed by atoms with E-state index in [2.05, 4.69) is 6.58 Å². The van der Waals surface area contributed by atoms with E-state index in [9.17, 15) is 9.59 Å². The molecule has 0 unspecified atom stereocenters. The van der Waals surface area contributed by atoms with Crippen LogP contribution in [0.1, 0.15) is 12.8 Å². The number of hydrogen-bond donors (Lipinski definition) is 1. The topological polar surface area (TPSA) is 102 Å². The number of ketones is 1. The number of para-hydroxylation sites is 1. The first-order chi connectivity index (χ1) is 10.5. The van der Waals surface area contributed by atoms with Crippen molar-refractivity contribution in [2.75, 3.05) is 13.2 Å². The van der Waals surface area contributed by atoms with Crippen molar-refractivity contribution in [1.29, 1.82) is 5.26 Å². The lowest BCUT2D eigenvalue weighted by molar-refractivity contribution is -0.148. The molecule has 0 heterocycles. The van der Waals surface area contributed by atoms with Crippen molar-refractivity contribution in [2.24, 2.45) is 11.7 Å². The second-order valence-electron chi connectivity index (χ2n) is 4.53. The normalized spacial score (nSPS) is 11.0. The van der Waals surface area contributed by atoms with Crippen LogP contribution in [-0.2, 0) is 14.3 Å². The quantitative estimate of drug-likeness (QED) is 0.548. The minimum Gasteiger partial charge on any atom is -0.494 e. The van der Waals surface area contributed by atoms with E-state index in [0.29, 0.717) is 13.0 Å². The van der Waals surface area contributed by atoms with E-state index in [1.807, 2.05) is 30.3 Å². The Morgan fingerprint density at radius 1 is 1.32 bits per heavy atom. The predicted octanol–water partition coefficient (Wildman–Crippen LogP) is 1.57. The molecule has 0 radical (unpaired) electrons. The van der Waals surface area contributed by atoms with Gasteiger partial charge in [-0.05, 0) is 18.6 Å². The number of carbonyl (C=O) groups is 2. The molecule has 1 aromatic rings. The standard InChI is InChI=1S/C16H18N2O4/c1-12(18)14(10-17)15(19)11-22-16(20)8-5-9-21-13-6-3-2-4-7-13/h2-4,6-7,14H,1,5,8-9,11,18H2/t14-/m0/s1. The molecule has 0 aliphatic heterocycles. The van der Waals surface area contributed by atoms with Gasteiger partial charge in [-0.2, -0.15) is 5.26 Å². The molecule has 0 bridgehead atoms. The third-order valence-corrected chi connectivity index (χ3v) is 2.73. The summed E-state index contributed by atoms with van der Waals surface area (Å²) in [5.41, 5.74) is 5.26. The van der Waals surface area contributed by atoms with Gasteiger partial charge in [0.25, 0.3) is 0 Å². The molecule has 6 heteroatoms. The summed E-state index contributed by atoms with van der Waals surface area (Å²) < 4.78 is 10.2. The molecule has 0 aliphatic rings. The number of ether oxygens (including phenoxy) is 2. The summed E-state index contributed by atoms with van der Waals surface area (Å²) in [6.45, 7) is 3.23. The number of esters is 1. The summed E-state index contributed by atoms with van der Waals surface area (Å²) in [6, 6.07) is 10.9. The molecule has 0 amide bonds. The molecule has 22 heavy (non-hydrogen) atoms. The highest BCUT2D eigenvalue weighted by atomic mass is 16.5. The lowest BCUT2D eigenvalue weighted by Crippen LogP contribution is -2.25. The molecule has 0 saturated carbocycles. The number of Topliss-reactive ketones (excluding diaryl/α,β-unsaturated/α-hetero) is 1. The lowest BCUT2D eigenvalue weighted by atomic mass is 10.0. The number of rotatable bonds is 9. The number of nitrogens with two attached hydrogens (primary N) is 1. The molecule has 0 spiro atoms. The first-order valence-electron chi connectivity index (χ1n) is 6.74. The number of allylic oxidation sites excluding steroid dienone is 1. The first kappa shape index (κ1) is 17.2. The Labute approximate surface area is 129 Å². The zero-order valence-corrected chi connectivity index (χ0v) is 12.2. The highest BCUT2D eigenvalue weighted by Gasteiger charge is 2.20. The predicted molar refractivity (Wildman–Crippen MR) is 79.6 cm³/mol. The molecule has 6 nitrogen and oxygen atoms in total. The molecule has 116 valence electrons. The minimum atomic E-state index is -1.14. The molecule has 0 saturated heterocycles. The largest absolute Gasteiger partial charge is 0.494 e.